The highest BCUT2D eigenvalue weighted by Crippen LogP contribution is 2.22. The Bertz CT molecular complexity index is 233. The maximum atomic E-state index is 10.5. The second kappa shape index (κ2) is 5.45. The van der Waals surface area contributed by atoms with E-state index < -0.39 is 17.6 Å². The highest BCUT2D eigenvalue weighted by atomic mass is 16.4. The second-order valence-corrected chi connectivity index (χ2v) is 3.70. The fourth-order valence-corrected chi connectivity index (χ4v) is 1.14. The van der Waals surface area contributed by atoms with E-state index in [0.717, 1.165) is 0 Å². The molecule has 1 amide bonds. The number of carbonyl (C=O) groups is 1. The third kappa shape index (κ3) is 4.10. The molecule has 80 valence electrons. The van der Waals surface area contributed by atoms with Gasteiger partial charge in [0.25, 0.3) is 0 Å². The van der Waals surface area contributed by atoms with Crippen molar-refractivity contribution in [1.82, 2.24) is 5.32 Å². The molecular formula is C9H16N2O3. The van der Waals surface area contributed by atoms with Gasteiger partial charge in [0.2, 0.25) is 0 Å². The Morgan fingerprint density at radius 1 is 1.64 bits per heavy atom. The molecule has 5 nitrogen and oxygen atoms in total. The van der Waals surface area contributed by atoms with Gasteiger partial charge in [-0.05, 0) is 26.7 Å². The summed E-state index contributed by atoms with van der Waals surface area (Å²) in [5.41, 5.74) is -0.756. The number of nitrogens with zero attached hydrogens (tertiary/aromatic N) is 1. The highest BCUT2D eigenvalue weighted by molar-refractivity contribution is 5.65. The summed E-state index contributed by atoms with van der Waals surface area (Å²) in [6.07, 6.45) is -0.198. The van der Waals surface area contributed by atoms with Crippen LogP contribution in [0.15, 0.2) is 0 Å². The molecule has 0 spiro atoms. The number of hydrogen-bond acceptors (Lipinski definition) is 3. The lowest BCUT2D eigenvalue weighted by atomic mass is 9.83. The zero-order valence-corrected chi connectivity index (χ0v) is 8.45. The van der Waals surface area contributed by atoms with Crippen LogP contribution in [0.5, 0.6) is 0 Å². The number of hydrogen-bond donors (Lipinski definition) is 3. The van der Waals surface area contributed by atoms with Crippen molar-refractivity contribution in [2.45, 2.75) is 32.7 Å². The van der Waals surface area contributed by atoms with Gasteiger partial charge in [-0.1, -0.05) is 0 Å². The predicted molar refractivity (Wildman–Crippen MR) is 50.7 cm³/mol. The summed E-state index contributed by atoms with van der Waals surface area (Å²) >= 11 is 0. The van der Waals surface area contributed by atoms with Crippen molar-refractivity contribution in [3.8, 4) is 6.07 Å². The fourth-order valence-electron chi connectivity index (χ4n) is 1.14. The van der Waals surface area contributed by atoms with Crippen LogP contribution in [-0.4, -0.2) is 29.0 Å². The van der Waals surface area contributed by atoms with E-state index >= 15 is 0 Å². The molecule has 3 N–H and O–H groups in total. The summed E-state index contributed by atoms with van der Waals surface area (Å²) in [6.45, 7) is 3.34. The van der Waals surface area contributed by atoms with Gasteiger partial charge in [0.05, 0.1) is 17.5 Å². The Balaban J connectivity index is 4.39. The van der Waals surface area contributed by atoms with Crippen molar-refractivity contribution in [2.75, 3.05) is 6.61 Å². The summed E-state index contributed by atoms with van der Waals surface area (Å²) in [5, 5.41) is 28.3. The fraction of sp³-hybridized carbons (Fsp3) is 0.778. The molecule has 0 saturated heterocycles. The Morgan fingerprint density at radius 3 is 2.57 bits per heavy atom. The molecule has 0 aliphatic carbocycles. The first-order chi connectivity index (χ1) is 6.44. The maximum absolute atomic E-state index is 10.5. The van der Waals surface area contributed by atoms with E-state index in [1.165, 1.54) is 0 Å². The quantitative estimate of drug-likeness (QED) is 0.615. The van der Waals surface area contributed by atoms with Crippen molar-refractivity contribution < 1.29 is 15.0 Å². The Labute approximate surface area is 83.4 Å². The molecule has 5 heteroatoms. The molecule has 0 aliphatic rings. The normalized spacial score (nSPS) is 13.0. The molecule has 0 aromatic rings. The molecular weight excluding hydrogens is 184 g/mol. The van der Waals surface area contributed by atoms with Gasteiger partial charge < -0.3 is 15.5 Å². The number of nitrogens with one attached hydrogen (secondary N) is 1. The molecule has 0 aromatic carbocycles. The van der Waals surface area contributed by atoms with E-state index in [0.29, 0.717) is 12.8 Å². The van der Waals surface area contributed by atoms with E-state index in [9.17, 15) is 4.79 Å². The standard InChI is InChI=1S/C9H16N2O3/c1-9(2,6-10)7(4-3-5-12)11-8(13)14/h7,11-12H,3-5H2,1-2H3,(H,13,14)/t7-/m1/s1. The number of rotatable bonds is 5. The van der Waals surface area contributed by atoms with Crippen LogP contribution in [0.25, 0.3) is 0 Å². The van der Waals surface area contributed by atoms with Gasteiger partial charge in [-0.3, -0.25) is 0 Å². The first-order valence-electron chi connectivity index (χ1n) is 4.45. The Morgan fingerprint density at radius 2 is 2.21 bits per heavy atom. The molecule has 0 aromatic heterocycles. The molecule has 14 heavy (non-hydrogen) atoms. The van der Waals surface area contributed by atoms with Crippen LogP contribution in [0.4, 0.5) is 4.79 Å². The van der Waals surface area contributed by atoms with Crippen LogP contribution in [0.1, 0.15) is 26.7 Å². The topological polar surface area (TPSA) is 93.4 Å². The van der Waals surface area contributed by atoms with E-state index in [-0.39, 0.29) is 6.61 Å². The van der Waals surface area contributed by atoms with Crippen molar-refractivity contribution in [3.05, 3.63) is 0 Å². The Hall–Kier alpha value is -1.28. The number of aliphatic hydroxyl groups is 1. The minimum atomic E-state index is -1.14. The average molecular weight is 200 g/mol. The lowest BCUT2D eigenvalue weighted by Gasteiger charge is -2.27. The second-order valence-electron chi connectivity index (χ2n) is 3.70. The third-order valence-electron chi connectivity index (χ3n) is 2.11. The monoisotopic (exact) mass is 200 g/mol. The third-order valence-corrected chi connectivity index (χ3v) is 2.11. The van der Waals surface area contributed by atoms with Crippen LogP contribution in [-0.2, 0) is 0 Å². The average Bonchev–Trinajstić information content (AvgIpc) is 2.11. The SMILES string of the molecule is CC(C)(C#N)[C@@H](CCCO)NC(=O)O. The highest BCUT2D eigenvalue weighted by Gasteiger charge is 2.30. The first-order valence-corrected chi connectivity index (χ1v) is 4.45. The summed E-state index contributed by atoms with van der Waals surface area (Å²) < 4.78 is 0. The lowest BCUT2D eigenvalue weighted by molar-refractivity contribution is 0.175. The Kier molecular flexibility index (Phi) is 4.95. The van der Waals surface area contributed by atoms with Crippen LogP contribution in [0, 0.1) is 16.7 Å². The maximum Gasteiger partial charge on any atom is 0.404 e. The van der Waals surface area contributed by atoms with Crippen LogP contribution >= 0.6 is 0 Å². The van der Waals surface area contributed by atoms with Gasteiger partial charge in [0.15, 0.2) is 0 Å². The van der Waals surface area contributed by atoms with Crippen LogP contribution in [0.2, 0.25) is 0 Å². The predicted octanol–water partition coefficient (Wildman–Crippen LogP) is 0.945. The van der Waals surface area contributed by atoms with Crippen LogP contribution in [0.3, 0.4) is 0 Å². The summed E-state index contributed by atoms with van der Waals surface area (Å²) in [5.74, 6) is 0. The van der Waals surface area contributed by atoms with Gasteiger partial charge in [-0.2, -0.15) is 5.26 Å². The molecule has 0 radical (unpaired) electrons. The molecule has 0 fully saturated rings. The number of aliphatic hydroxyl groups excluding tert-OH is 1. The molecule has 0 heterocycles. The van der Waals surface area contributed by atoms with E-state index in [2.05, 4.69) is 5.32 Å². The molecule has 0 rings (SSSR count). The van der Waals surface area contributed by atoms with Gasteiger partial charge in [0, 0.05) is 6.61 Å². The summed E-state index contributed by atoms with van der Waals surface area (Å²) in [6, 6.07) is 1.60. The molecule has 1 atom stereocenters. The van der Waals surface area contributed by atoms with Gasteiger partial charge >= 0.3 is 6.09 Å². The van der Waals surface area contributed by atoms with Crippen molar-refractivity contribution in [3.63, 3.8) is 0 Å². The number of carboxylic acid groups (broad SMARTS) is 1. The van der Waals surface area contributed by atoms with Gasteiger partial charge in [-0.25, -0.2) is 4.79 Å². The molecule has 0 bridgehead atoms. The zero-order valence-electron chi connectivity index (χ0n) is 8.45. The van der Waals surface area contributed by atoms with E-state index in [1.807, 2.05) is 6.07 Å². The van der Waals surface area contributed by atoms with Crippen molar-refractivity contribution >= 4 is 6.09 Å². The lowest BCUT2D eigenvalue weighted by Crippen LogP contribution is -2.43. The van der Waals surface area contributed by atoms with Crippen molar-refractivity contribution in [1.29, 1.82) is 5.26 Å². The molecule has 0 unspecified atom stereocenters. The van der Waals surface area contributed by atoms with Gasteiger partial charge in [-0.15, -0.1) is 0 Å². The minimum absolute atomic E-state index is 0.000687. The van der Waals surface area contributed by atoms with E-state index in [1.54, 1.807) is 13.8 Å². The van der Waals surface area contributed by atoms with Gasteiger partial charge in [0.1, 0.15) is 0 Å². The number of amides is 1. The summed E-state index contributed by atoms with van der Waals surface area (Å²) in [4.78, 5) is 10.5. The van der Waals surface area contributed by atoms with E-state index in [4.69, 9.17) is 15.5 Å². The minimum Gasteiger partial charge on any atom is -0.465 e. The van der Waals surface area contributed by atoms with Crippen LogP contribution < -0.4 is 5.32 Å². The molecule has 0 saturated carbocycles. The smallest absolute Gasteiger partial charge is 0.404 e. The number of nitriles is 1. The largest absolute Gasteiger partial charge is 0.465 e. The molecule has 0 aliphatic heterocycles. The zero-order chi connectivity index (χ0) is 11.2. The first kappa shape index (κ1) is 12.7. The van der Waals surface area contributed by atoms with Crippen molar-refractivity contribution in [2.24, 2.45) is 5.41 Å². The summed E-state index contributed by atoms with van der Waals surface area (Å²) in [7, 11) is 0.